The number of hydrogen-bond donors (Lipinski definition) is 1. The van der Waals surface area contributed by atoms with Gasteiger partial charge in [-0.05, 0) is 6.42 Å². The van der Waals surface area contributed by atoms with Crippen LogP contribution >= 0.6 is 11.8 Å². The Hall–Kier alpha value is -1.50. The van der Waals surface area contributed by atoms with Crippen molar-refractivity contribution in [2.45, 2.75) is 37.7 Å². The van der Waals surface area contributed by atoms with Crippen molar-refractivity contribution in [1.29, 1.82) is 0 Å². The van der Waals surface area contributed by atoms with E-state index in [1.807, 2.05) is 11.8 Å². The van der Waals surface area contributed by atoms with Gasteiger partial charge in [0.15, 0.2) is 0 Å². The standard InChI is InChI=1S/C14H22N4O2S/c1-4-5-15-13-6-12(18(19)20)7-14(16-13)17-8-10(2)21-11(3)9-17/h6-7,10-11H,4-5,8-9H2,1-3H3,(H,15,16). The first kappa shape index (κ1) is 15.9. The van der Waals surface area contributed by atoms with Gasteiger partial charge >= 0.3 is 0 Å². The summed E-state index contributed by atoms with van der Waals surface area (Å²) in [6, 6.07) is 3.08. The minimum Gasteiger partial charge on any atom is -0.370 e. The minimum atomic E-state index is -0.353. The summed E-state index contributed by atoms with van der Waals surface area (Å²) in [7, 11) is 0. The fourth-order valence-electron chi connectivity index (χ4n) is 2.48. The molecular formula is C14H22N4O2S. The maximum atomic E-state index is 11.1. The summed E-state index contributed by atoms with van der Waals surface area (Å²) in [5.74, 6) is 1.28. The van der Waals surface area contributed by atoms with E-state index in [-0.39, 0.29) is 10.6 Å². The highest BCUT2D eigenvalue weighted by Gasteiger charge is 2.25. The number of thioether (sulfide) groups is 1. The van der Waals surface area contributed by atoms with Crippen LogP contribution in [0, 0.1) is 10.1 Å². The van der Waals surface area contributed by atoms with E-state index < -0.39 is 0 Å². The minimum absolute atomic E-state index is 0.0946. The van der Waals surface area contributed by atoms with Gasteiger partial charge in [0.25, 0.3) is 5.69 Å². The second-order valence-corrected chi connectivity index (χ2v) is 7.30. The van der Waals surface area contributed by atoms with Crippen LogP contribution < -0.4 is 10.2 Å². The zero-order valence-electron chi connectivity index (χ0n) is 12.7. The molecule has 1 aliphatic heterocycles. The number of pyridine rings is 1. The Morgan fingerprint density at radius 2 is 2.10 bits per heavy atom. The molecule has 6 nitrogen and oxygen atoms in total. The predicted octanol–water partition coefficient (Wildman–Crippen LogP) is 3.14. The van der Waals surface area contributed by atoms with Crippen LogP contribution in [0.2, 0.25) is 0 Å². The normalized spacial score (nSPS) is 22.1. The van der Waals surface area contributed by atoms with E-state index in [1.165, 1.54) is 6.07 Å². The molecule has 116 valence electrons. The van der Waals surface area contributed by atoms with Crippen molar-refractivity contribution in [2.75, 3.05) is 29.9 Å². The molecule has 1 aromatic rings. The Morgan fingerprint density at radius 1 is 1.43 bits per heavy atom. The van der Waals surface area contributed by atoms with E-state index in [0.29, 0.717) is 22.1 Å². The van der Waals surface area contributed by atoms with E-state index in [2.05, 4.69) is 36.0 Å². The van der Waals surface area contributed by atoms with E-state index in [0.717, 1.165) is 26.1 Å². The number of nitrogens with one attached hydrogen (secondary N) is 1. The highest BCUT2D eigenvalue weighted by atomic mass is 32.2. The van der Waals surface area contributed by atoms with E-state index in [1.54, 1.807) is 6.07 Å². The Bertz CT molecular complexity index is 502. The van der Waals surface area contributed by atoms with Gasteiger partial charge in [0.1, 0.15) is 11.6 Å². The first-order chi connectivity index (χ1) is 9.99. The van der Waals surface area contributed by atoms with Gasteiger partial charge < -0.3 is 10.2 Å². The molecule has 0 saturated carbocycles. The van der Waals surface area contributed by atoms with Gasteiger partial charge in [-0.1, -0.05) is 20.8 Å². The Kier molecular flexibility index (Phi) is 5.27. The van der Waals surface area contributed by atoms with Gasteiger partial charge in [-0.25, -0.2) is 4.98 Å². The van der Waals surface area contributed by atoms with Crippen molar-refractivity contribution in [3.05, 3.63) is 22.2 Å². The fraction of sp³-hybridized carbons (Fsp3) is 0.643. The second-order valence-electron chi connectivity index (χ2n) is 5.41. The molecule has 2 atom stereocenters. The average molecular weight is 310 g/mol. The largest absolute Gasteiger partial charge is 0.370 e. The topological polar surface area (TPSA) is 71.3 Å². The molecule has 0 spiro atoms. The van der Waals surface area contributed by atoms with E-state index >= 15 is 0 Å². The van der Waals surface area contributed by atoms with Crippen LogP contribution in [0.1, 0.15) is 27.2 Å². The third-order valence-electron chi connectivity index (χ3n) is 3.31. The molecule has 21 heavy (non-hydrogen) atoms. The van der Waals surface area contributed by atoms with Crippen LogP contribution in [-0.2, 0) is 0 Å². The van der Waals surface area contributed by atoms with Gasteiger partial charge in [0, 0.05) is 30.1 Å². The zero-order valence-corrected chi connectivity index (χ0v) is 13.5. The molecule has 1 aliphatic rings. The number of rotatable bonds is 5. The Morgan fingerprint density at radius 3 is 2.67 bits per heavy atom. The third kappa shape index (κ3) is 4.23. The van der Waals surface area contributed by atoms with Crippen molar-refractivity contribution in [2.24, 2.45) is 0 Å². The quantitative estimate of drug-likeness (QED) is 0.665. The van der Waals surface area contributed by atoms with Crippen LogP contribution in [-0.4, -0.2) is 40.0 Å². The highest BCUT2D eigenvalue weighted by molar-refractivity contribution is 8.00. The molecule has 0 radical (unpaired) electrons. The Balaban J connectivity index is 2.28. The molecule has 0 aromatic carbocycles. The summed E-state index contributed by atoms with van der Waals surface area (Å²) >= 11 is 1.95. The van der Waals surface area contributed by atoms with Crippen molar-refractivity contribution in [1.82, 2.24) is 4.98 Å². The number of nitro groups is 1. The number of hydrogen-bond acceptors (Lipinski definition) is 6. The number of anilines is 2. The SMILES string of the molecule is CCCNc1cc([N+](=O)[O-])cc(N2CC(C)SC(C)C2)n1. The first-order valence-corrected chi connectivity index (χ1v) is 8.24. The summed E-state index contributed by atoms with van der Waals surface area (Å²) in [5, 5.41) is 15.3. The number of nitrogens with zero attached hydrogens (tertiary/aromatic N) is 3. The maximum Gasteiger partial charge on any atom is 0.276 e. The predicted molar refractivity (Wildman–Crippen MR) is 88.4 cm³/mol. The maximum absolute atomic E-state index is 11.1. The molecular weight excluding hydrogens is 288 g/mol. The third-order valence-corrected chi connectivity index (χ3v) is 4.53. The molecule has 2 rings (SSSR count). The lowest BCUT2D eigenvalue weighted by Gasteiger charge is -2.35. The molecule has 2 unspecified atom stereocenters. The van der Waals surface area contributed by atoms with Crippen LogP contribution in [0.3, 0.4) is 0 Å². The van der Waals surface area contributed by atoms with Gasteiger partial charge in [-0.15, -0.1) is 0 Å². The molecule has 1 aromatic heterocycles. The average Bonchev–Trinajstić information content (AvgIpc) is 2.43. The molecule has 7 heteroatoms. The fourth-order valence-corrected chi connectivity index (χ4v) is 3.80. The summed E-state index contributed by atoms with van der Waals surface area (Å²) in [6.45, 7) is 8.92. The molecule has 0 aliphatic carbocycles. The van der Waals surface area contributed by atoms with Gasteiger partial charge in [0.05, 0.1) is 17.1 Å². The van der Waals surface area contributed by atoms with Crippen LogP contribution in [0.15, 0.2) is 12.1 Å². The molecule has 1 fully saturated rings. The summed E-state index contributed by atoms with van der Waals surface area (Å²) in [6.07, 6.45) is 0.953. The van der Waals surface area contributed by atoms with Crippen LogP contribution in [0.4, 0.5) is 17.3 Å². The summed E-state index contributed by atoms with van der Waals surface area (Å²) < 4.78 is 0. The van der Waals surface area contributed by atoms with Crippen molar-refractivity contribution < 1.29 is 4.92 Å². The molecule has 0 amide bonds. The monoisotopic (exact) mass is 310 g/mol. The summed E-state index contributed by atoms with van der Waals surface area (Å²) in [4.78, 5) is 17.5. The first-order valence-electron chi connectivity index (χ1n) is 7.30. The lowest BCUT2D eigenvalue weighted by molar-refractivity contribution is -0.384. The molecule has 2 heterocycles. The molecule has 0 bridgehead atoms. The van der Waals surface area contributed by atoms with E-state index in [4.69, 9.17) is 0 Å². The lowest BCUT2D eigenvalue weighted by Crippen LogP contribution is -2.40. The lowest BCUT2D eigenvalue weighted by atomic mass is 10.3. The smallest absolute Gasteiger partial charge is 0.276 e. The van der Waals surface area contributed by atoms with Gasteiger partial charge in [0.2, 0.25) is 0 Å². The van der Waals surface area contributed by atoms with E-state index in [9.17, 15) is 10.1 Å². The molecule has 1 N–H and O–H groups in total. The summed E-state index contributed by atoms with van der Waals surface area (Å²) in [5.41, 5.74) is 0.0946. The van der Waals surface area contributed by atoms with Gasteiger partial charge in [-0.3, -0.25) is 10.1 Å². The Labute approximate surface area is 129 Å². The second kappa shape index (κ2) is 6.98. The number of aromatic nitrogens is 1. The van der Waals surface area contributed by atoms with Crippen molar-refractivity contribution in [3.63, 3.8) is 0 Å². The van der Waals surface area contributed by atoms with Crippen LogP contribution in [0.25, 0.3) is 0 Å². The van der Waals surface area contributed by atoms with Crippen LogP contribution in [0.5, 0.6) is 0 Å². The molecule has 1 saturated heterocycles. The highest BCUT2D eigenvalue weighted by Crippen LogP contribution is 2.30. The van der Waals surface area contributed by atoms with Crippen molar-refractivity contribution >= 4 is 29.1 Å². The van der Waals surface area contributed by atoms with Gasteiger partial charge in [-0.2, -0.15) is 11.8 Å². The zero-order chi connectivity index (χ0) is 15.4. The van der Waals surface area contributed by atoms with Crippen molar-refractivity contribution in [3.8, 4) is 0 Å².